The van der Waals surface area contributed by atoms with Crippen LogP contribution in [-0.4, -0.2) is 39.6 Å². The quantitative estimate of drug-likeness (QED) is 0.533. The summed E-state index contributed by atoms with van der Waals surface area (Å²) in [6.07, 6.45) is 1.90. The van der Waals surface area contributed by atoms with Gasteiger partial charge >= 0.3 is 5.97 Å². The zero-order valence-corrected chi connectivity index (χ0v) is 15.8. The number of hydrogen-bond donors (Lipinski definition) is 3. The number of aromatic nitrogens is 1. The predicted octanol–water partition coefficient (Wildman–Crippen LogP) is 2.02. The molecule has 4 N–H and O–H groups in total. The number of anilines is 1. The first-order chi connectivity index (χ1) is 14.0. The maximum atomic E-state index is 12.6. The van der Waals surface area contributed by atoms with Crippen molar-refractivity contribution in [3.63, 3.8) is 0 Å². The van der Waals surface area contributed by atoms with Gasteiger partial charge in [-0.05, 0) is 40.5 Å². The van der Waals surface area contributed by atoms with E-state index in [0.717, 1.165) is 21.9 Å². The summed E-state index contributed by atoms with van der Waals surface area (Å²) in [5.74, 6) is -1.40. The van der Waals surface area contributed by atoms with Crippen LogP contribution in [0.5, 0.6) is 0 Å². The van der Waals surface area contributed by atoms with Crippen molar-refractivity contribution < 1.29 is 14.7 Å². The molecular weight excluding hydrogens is 368 g/mol. The van der Waals surface area contributed by atoms with Crippen molar-refractivity contribution >= 4 is 28.5 Å². The standard InChI is InChI=1S/C22H22N4O3/c23-19-11-14(8-9-25-19)10-18-20(22(28)29)26(21(18)27)13-24-12-16-6-3-5-15-4-1-2-7-17(15)16/h1-9,11,18,20,24H,10,12-13H2,(H2,23,25)(H,28,29). The number of nitrogen functional groups attached to an aromatic ring is 1. The summed E-state index contributed by atoms with van der Waals surface area (Å²) in [4.78, 5) is 29.7. The zero-order valence-electron chi connectivity index (χ0n) is 15.8. The number of β-lactam (4-membered cyclic amide) rings is 1. The average molecular weight is 390 g/mol. The molecule has 2 unspecified atom stereocenters. The van der Waals surface area contributed by atoms with Crippen LogP contribution in [0.1, 0.15) is 11.1 Å². The molecule has 7 nitrogen and oxygen atoms in total. The van der Waals surface area contributed by atoms with Gasteiger partial charge in [0.15, 0.2) is 0 Å². The van der Waals surface area contributed by atoms with Crippen LogP contribution in [0, 0.1) is 5.92 Å². The minimum Gasteiger partial charge on any atom is -0.480 e. The molecule has 1 aliphatic rings. The number of pyridine rings is 1. The molecule has 148 valence electrons. The number of aliphatic carboxylic acids is 1. The molecule has 1 saturated heterocycles. The van der Waals surface area contributed by atoms with Gasteiger partial charge in [-0.3, -0.25) is 10.1 Å². The maximum Gasteiger partial charge on any atom is 0.327 e. The fraction of sp³-hybridized carbons (Fsp3) is 0.227. The third-order valence-electron chi connectivity index (χ3n) is 5.35. The van der Waals surface area contributed by atoms with Gasteiger partial charge in [0, 0.05) is 12.7 Å². The number of benzene rings is 2. The SMILES string of the molecule is Nc1cc(CC2C(=O)N(CNCc3cccc4ccccc34)C2C(=O)O)ccn1. The molecule has 0 aliphatic carbocycles. The second kappa shape index (κ2) is 7.89. The fourth-order valence-corrected chi connectivity index (χ4v) is 3.93. The molecule has 2 atom stereocenters. The lowest BCUT2D eigenvalue weighted by molar-refractivity contribution is -0.171. The number of amides is 1. The highest BCUT2D eigenvalue weighted by Crippen LogP contribution is 2.30. The van der Waals surface area contributed by atoms with E-state index in [1.54, 1.807) is 18.3 Å². The Bertz CT molecular complexity index is 1060. The van der Waals surface area contributed by atoms with E-state index in [1.807, 2.05) is 24.3 Å². The van der Waals surface area contributed by atoms with Crippen molar-refractivity contribution in [2.45, 2.75) is 19.0 Å². The van der Waals surface area contributed by atoms with Crippen molar-refractivity contribution in [3.8, 4) is 0 Å². The monoisotopic (exact) mass is 390 g/mol. The third kappa shape index (κ3) is 3.77. The van der Waals surface area contributed by atoms with E-state index in [1.165, 1.54) is 4.90 Å². The second-order valence-corrected chi connectivity index (χ2v) is 7.21. The molecule has 0 bridgehead atoms. The molecule has 1 aromatic heterocycles. The number of rotatable bonds is 7. The molecule has 2 aromatic carbocycles. The molecule has 3 aromatic rings. The van der Waals surface area contributed by atoms with Gasteiger partial charge in [0.05, 0.1) is 12.6 Å². The van der Waals surface area contributed by atoms with E-state index < -0.39 is 17.9 Å². The summed E-state index contributed by atoms with van der Waals surface area (Å²) in [6.45, 7) is 0.733. The molecule has 1 aliphatic heterocycles. The van der Waals surface area contributed by atoms with Crippen LogP contribution in [0.15, 0.2) is 60.8 Å². The average Bonchev–Trinajstić information content (AvgIpc) is 2.71. The molecule has 7 heteroatoms. The van der Waals surface area contributed by atoms with Crippen molar-refractivity contribution in [1.82, 2.24) is 15.2 Å². The third-order valence-corrected chi connectivity index (χ3v) is 5.35. The van der Waals surface area contributed by atoms with Crippen molar-refractivity contribution in [2.75, 3.05) is 12.4 Å². The Kier molecular flexibility index (Phi) is 5.14. The van der Waals surface area contributed by atoms with Crippen molar-refractivity contribution in [3.05, 3.63) is 71.9 Å². The van der Waals surface area contributed by atoms with E-state index in [4.69, 9.17) is 5.73 Å². The van der Waals surface area contributed by atoms with E-state index in [2.05, 4.69) is 28.5 Å². The summed E-state index contributed by atoms with van der Waals surface area (Å²) in [7, 11) is 0. The lowest BCUT2D eigenvalue weighted by Crippen LogP contribution is -2.66. The minimum absolute atomic E-state index is 0.168. The highest BCUT2D eigenvalue weighted by atomic mass is 16.4. The van der Waals surface area contributed by atoms with Gasteiger partial charge in [0.2, 0.25) is 5.91 Å². The summed E-state index contributed by atoms with van der Waals surface area (Å²) < 4.78 is 0. The lowest BCUT2D eigenvalue weighted by atomic mass is 9.83. The van der Waals surface area contributed by atoms with Crippen molar-refractivity contribution in [1.29, 1.82) is 0 Å². The van der Waals surface area contributed by atoms with E-state index in [-0.39, 0.29) is 12.6 Å². The Balaban J connectivity index is 1.41. The van der Waals surface area contributed by atoms with Gasteiger partial charge in [0.1, 0.15) is 11.9 Å². The summed E-state index contributed by atoms with van der Waals surface area (Å²) in [5.41, 5.74) is 7.59. The molecule has 1 fully saturated rings. The number of fused-ring (bicyclic) bond motifs is 1. The van der Waals surface area contributed by atoms with Crippen LogP contribution in [0.3, 0.4) is 0 Å². The van der Waals surface area contributed by atoms with Gasteiger partial charge < -0.3 is 15.7 Å². The zero-order chi connectivity index (χ0) is 20.4. The topological polar surface area (TPSA) is 109 Å². The van der Waals surface area contributed by atoms with Crippen LogP contribution in [0.25, 0.3) is 10.8 Å². The minimum atomic E-state index is -0.997. The summed E-state index contributed by atoms with van der Waals surface area (Å²) in [6, 6.07) is 16.7. The first-order valence-corrected chi connectivity index (χ1v) is 9.45. The molecule has 29 heavy (non-hydrogen) atoms. The Morgan fingerprint density at radius 1 is 1.17 bits per heavy atom. The molecule has 0 saturated carbocycles. The normalized spacial score (nSPS) is 18.6. The van der Waals surface area contributed by atoms with E-state index in [0.29, 0.717) is 18.8 Å². The Hall–Kier alpha value is -3.45. The van der Waals surface area contributed by atoms with Crippen LogP contribution >= 0.6 is 0 Å². The Morgan fingerprint density at radius 3 is 2.76 bits per heavy atom. The number of carboxylic acids is 1. The second-order valence-electron chi connectivity index (χ2n) is 7.21. The highest BCUT2D eigenvalue weighted by Gasteiger charge is 2.51. The van der Waals surface area contributed by atoms with E-state index in [9.17, 15) is 14.7 Å². The van der Waals surface area contributed by atoms with Crippen LogP contribution in [0.4, 0.5) is 5.82 Å². The van der Waals surface area contributed by atoms with Gasteiger partial charge in [-0.25, -0.2) is 9.78 Å². The predicted molar refractivity (Wildman–Crippen MR) is 110 cm³/mol. The maximum absolute atomic E-state index is 12.6. The number of carbonyl (C=O) groups is 2. The number of carboxylic acid groups (broad SMARTS) is 1. The lowest BCUT2D eigenvalue weighted by Gasteiger charge is -2.44. The highest BCUT2D eigenvalue weighted by molar-refractivity contribution is 5.96. The molecule has 0 spiro atoms. The number of nitrogens with one attached hydrogen (secondary N) is 1. The first-order valence-electron chi connectivity index (χ1n) is 9.45. The van der Waals surface area contributed by atoms with Gasteiger partial charge in [-0.1, -0.05) is 42.5 Å². The number of likely N-dealkylation sites (tertiary alicyclic amines) is 1. The fourth-order valence-electron chi connectivity index (χ4n) is 3.93. The Morgan fingerprint density at radius 2 is 1.97 bits per heavy atom. The smallest absolute Gasteiger partial charge is 0.327 e. The van der Waals surface area contributed by atoms with Crippen LogP contribution in [-0.2, 0) is 22.6 Å². The summed E-state index contributed by atoms with van der Waals surface area (Å²) >= 11 is 0. The van der Waals surface area contributed by atoms with E-state index >= 15 is 0 Å². The van der Waals surface area contributed by atoms with Gasteiger partial charge in [0.25, 0.3) is 0 Å². The number of nitrogens with zero attached hydrogens (tertiary/aromatic N) is 2. The molecule has 4 rings (SSSR count). The van der Waals surface area contributed by atoms with Crippen LogP contribution < -0.4 is 11.1 Å². The first kappa shape index (κ1) is 18.9. The molecule has 1 amide bonds. The molecule has 2 heterocycles. The van der Waals surface area contributed by atoms with Crippen LogP contribution in [0.2, 0.25) is 0 Å². The number of nitrogens with two attached hydrogens (primary N) is 1. The van der Waals surface area contributed by atoms with Gasteiger partial charge in [-0.2, -0.15) is 0 Å². The largest absolute Gasteiger partial charge is 0.480 e. The number of carbonyl (C=O) groups excluding carboxylic acids is 1. The molecular formula is C22H22N4O3. The Labute approximate surface area is 168 Å². The number of hydrogen-bond acceptors (Lipinski definition) is 5. The molecule has 0 radical (unpaired) electrons. The summed E-state index contributed by atoms with van der Waals surface area (Å²) in [5, 5.41) is 15.1. The van der Waals surface area contributed by atoms with Crippen molar-refractivity contribution in [2.24, 2.45) is 5.92 Å². The van der Waals surface area contributed by atoms with Gasteiger partial charge in [-0.15, -0.1) is 0 Å².